The Kier molecular flexibility index (Phi) is 57.2. The largest absolute Gasteiger partial charge is 0.462 e. The first-order chi connectivity index (χ1) is 34.5. The maximum atomic E-state index is 12.8. The molecule has 0 aliphatic rings. The molecule has 0 saturated carbocycles. The van der Waals surface area contributed by atoms with Crippen LogP contribution in [0, 0.1) is 0 Å². The molecule has 0 aliphatic carbocycles. The number of hydrogen-bond donors (Lipinski definition) is 0. The quantitative estimate of drug-likeness (QED) is 0.0261. The highest BCUT2D eigenvalue weighted by molar-refractivity contribution is 5.71. The lowest BCUT2D eigenvalue weighted by atomic mass is 10.0. The van der Waals surface area contributed by atoms with Crippen molar-refractivity contribution in [3.63, 3.8) is 0 Å². The van der Waals surface area contributed by atoms with Crippen LogP contribution in [0.1, 0.15) is 335 Å². The molecule has 0 aromatic carbocycles. The van der Waals surface area contributed by atoms with E-state index in [1.54, 1.807) is 0 Å². The van der Waals surface area contributed by atoms with Crippen LogP contribution in [-0.2, 0) is 28.6 Å². The predicted octanol–water partition coefficient (Wildman–Crippen LogP) is 20.8. The number of esters is 3. The first-order valence-corrected chi connectivity index (χ1v) is 31.0. The smallest absolute Gasteiger partial charge is 0.306 e. The minimum atomic E-state index is -0.772. The lowest BCUT2D eigenvalue weighted by molar-refractivity contribution is -0.167. The average molecular weight is 984 g/mol. The lowest BCUT2D eigenvalue weighted by Gasteiger charge is -2.18. The van der Waals surface area contributed by atoms with Gasteiger partial charge in [-0.3, -0.25) is 14.4 Å². The van der Waals surface area contributed by atoms with Gasteiger partial charge < -0.3 is 14.2 Å². The molecule has 6 heteroatoms. The minimum Gasteiger partial charge on any atom is -0.462 e. The zero-order valence-electron chi connectivity index (χ0n) is 47.1. The number of unbranched alkanes of at least 4 members (excludes halogenated alkanes) is 40. The van der Waals surface area contributed by atoms with Gasteiger partial charge in [-0.1, -0.05) is 276 Å². The second-order valence-electron chi connectivity index (χ2n) is 21.0. The summed E-state index contributed by atoms with van der Waals surface area (Å²) in [5, 5.41) is 0. The third-order valence-electron chi connectivity index (χ3n) is 13.9. The summed E-state index contributed by atoms with van der Waals surface area (Å²) in [6.45, 7) is 6.65. The van der Waals surface area contributed by atoms with Gasteiger partial charge in [0.2, 0.25) is 0 Å². The molecular formula is C64H118O6. The summed E-state index contributed by atoms with van der Waals surface area (Å²) in [5.74, 6) is -0.863. The SMILES string of the molecule is CCCCCCC/C=C\C/C=C\CCCCCCCCCCCCCCCCCC(=O)OCC(COC(=O)CCCCCCCCCCCC)OC(=O)CCCCCCC/C=C\CCCCCCCC. The van der Waals surface area contributed by atoms with E-state index in [9.17, 15) is 14.4 Å². The number of ether oxygens (including phenoxy) is 3. The topological polar surface area (TPSA) is 78.9 Å². The Morgan fingerprint density at radius 2 is 0.514 bits per heavy atom. The highest BCUT2D eigenvalue weighted by atomic mass is 16.6. The highest BCUT2D eigenvalue weighted by Crippen LogP contribution is 2.17. The van der Waals surface area contributed by atoms with Gasteiger partial charge in [-0.2, -0.15) is 0 Å². The Morgan fingerprint density at radius 3 is 0.800 bits per heavy atom. The van der Waals surface area contributed by atoms with Gasteiger partial charge in [0.1, 0.15) is 13.2 Å². The summed E-state index contributed by atoms with van der Waals surface area (Å²) in [6, 6.07) is 0. The van der Waals surface area contributed by atoms with Gasteiger partial charge in [-0.05, 0) is 77.0 Å². The van der Waals surface area contributed by atoms with Crippen LogP contribution in [0.4, 0.5) is 0 Å². The third kappa shape index (κ3) is 56.5. The van der Waals surface area contributed by atoms with Gasteiger partial charge in [-0.15, -0.1) is 0 Å². The van der Waals surface area contributed by atoms with Gasteiger partial charge in [0.25, 0.3) is 0 Å². The Bertz CT molecular complexity index is 1170. The summed E-state index contributed by atoms with van der Waals surface area (Å²) in [6.07, 6.45) is 71.6. The van der Waals surface area contributed by atoms with Crippen molar-refractivity contribution in [3.8, 4) is 0 Å². The van der Waals surface area contributed by atoms with Crippen LogP contribution < -0.4 is 0 Å². The Labute approximate surface area is 435 Å². The van der Waals surface area contributed by atoms with Crippen molar-refractivity contribution in [1.82, 2.24) is 0 Å². The van der Waals surface area contributed by atoms with E-state index in [1.165, 1.54) is 225 Å². The van der Waals surface area contributed by atoms with Gasteiger partial charge in [-0.25, -0.2) is 0 Å². The molecule has 0 saturated heterocycles. The zero-order valence-corrected chi connectivity index (χ0v) is 47.1. The highest BCUT2D eigenvalue weighted by Gasteiger charge is 2.19. The maximum absolute atomic E-state index is 12.8. The van der Waals surface area contributed by atoms with E-state index in [2.05, 4.69) is 57.2 Å². The van der Waals surface area contributed by atoms with Crippen molar-refractivity contribution >= 4 is 17.9 Å². The van der Waals surface area contributed by atoms with Crippen LogP contribution in [-0.4, -0.2) is 37.2 Å². The number of allylic oxidation sites excluding steroid dienone is 6. The minimum absolute atomic E-state index is 0.0711. The van der Waals surface area contributed by atoms with E-state index in [-0.39, 0.29) is 31.1 Å². The van der Waals surface area contributed by atoms with Gasteiger partial charge in [0.15, 0.2) is 6.10 Å². The zero-order chi connectivity index (χ0) is 50.7. The van der Waals surface area contributed by atoms with E-state index < -0.39 is 6.10 Å². The standard InChI is InChI=1S/C64H118O6/c1-4-7-10-13-16-19-22-24-26-27-28-29-30-31-32-33-34-35-36-37-39-40-42-45-48-51-54-57-63(66)69-60-61(59-68-62(65)56-53-50-47-44-21-18-15-12-9-6-3)70-64(67)58-55-52-49-46-43-41-38-25-23-20-17-14-11-8-5-2/h22,24-25,27-28,38,61H,4-21,23,26,29-37,39-60H2,1-3H3/b24-22-,28-27-,38-25-. The Balaban J connectivity index is 4.15. The van der Waals surface area contributed by atoms with Crippen molar-refractivity contribution in [1.29, 1.82) is 0 Å². The average Bonchev–Trinajstić information content (AvgIpc) is 3.36. The molecule has 0 spiro atoms. The number of carbonyl (C=O) groups excluding carboxylic acids is 3. The van der Waals surface area contributed by atoms with Crippen molar-refractivity contribution < 1.29 is 28.6 Å². The van der Waals surface area contributed by atoms with Crippen LogP contribution in [0.25, 0.3) is 0 Å². The van der Waals surface area contributed by atoms with Crippen LogP contribution in [0.2, 0.25) is 0 Å². The van der Waals surface area contributed by atoms with E-state index >= 15 is 0 Å². The molecule has 0 aromatic rings. The fraction of sp³-hybridized carbons (Fsp3) is 0.859. The first kappa shape index (κ1) is 67.6. The molecule has 1 unspecified atom stereocenters. The summed E-state index contributed by atoms with van der Waals surface area (Å²) < 4.78 is 16.9. The van der Waals surface area contributed by atoms with Gasteiger partial charge >= 0.3 is 17.9 Å². The van der Waals surface area contributed by atoms with E-state index in [0.717, 1.165) is 70.6 Å². The second kappa shape index (κ2) is 59.2. The molecule has 0 fully saturated rings. The van der Waals surface area contributed by atoms with Crippen LogP contribution in [0.15, 0.2) is 36.5 Å². The number of rotatable bonds is 57. The van der Waals surface area contributed by atoms with Crippen molar-refractivity contribution in [2.45, 2.75) is 341 Å². The molecule has 1 atom stereocenters. The summed E-state index contributed by atoms with van der Waals surface area (Å²) in [4.78, 5) is 38.1. The maximum Gasteiger partial charge on any atom is 0.306 e. The molecule has 0 radical (unpaired) electrons. The summed E-state index contributed by atoms with van der Waals surface area (Å²) in [7, 11) is 0. The molecule has 0 bridgehead atoms. The third-order valence-corrected chi connectivity index (χ3v) is 13.9. The molecule has 70 heavy (non-hydrogen) atoms. The molecule has 0 amide bonds. The van der Waals surface area contributed by atoms with E-state index in [0.29, 0.717) is 19.3 Å². The summed E-state index contributed by atoms with van der Waals surface area (Å²) in [5.41, 5.74) is 0. The van der Waals surface area contributed by atoms with Gasteiger partial charge in [0, 0.05) is 19.3 Å². The number of hydrogen-bond acceptors (Lipinski definition) is 6. The lowest BCUT2D eigenvalue weighted by Crippen LogP contribution is -2.30. The van der Waals surface area contributed by atoms with Crippen LogP contribution in [0.5, 0.6) is 0 Å². The van der Waals surface area contributed by atoms with Crippen molar-refractivity contribution in [2.24, 2.45) is 0 Å². The molecule has 6 nitrogen and oxygen atoms in total. The fourth-order valence-electron chi connectivity index (χ4n) is 9.18. The first-order valence-electron chi connectivity index (χ1n) is 31.0. The van der Waals surface area contributed by atoms with Crippen molar-refractivity contribution in [3.05, 3.63) is 36.5 Å². The normalized spacial score (nSPS) is 12.2. The molecule has 0 heterocycles. The molecule has 0 N–H and O–H groups in total. The Morgan fingerprint density at radius 1 is 0.286 bits per heavy atom. The molecule has 0 aliphatic heterocycles. The monoisotopic (exact) mass is 983 g/mol. The van der Waals surface area contributed by atoms with Gasteiger partial charge in [0.05, 0.1) is 0 Å². The van der Waals surface area contributed by atoms with Crippen LogP contribution >= 0.6 is 0 Å². The molecule has 0 aromatic heterocycles. The molecule has 410 valence electrons. The molecular weight excluding hydrogens is 865 g/mol. The fourth-order valence-corrected chi connectivity index (χ4v) is 9.18. The summed E-state index contributed by atoms with van der Waals surface area (Å²) >= 11 is 0. The predicted molar refractivity (Wildman–Crippen MR) is 302 cm³/mol. The number of carbonyl (C=O) groups is 3. The van der Waals surface area contributed by atoms with Crippen LogP contribution in [0.3, 0.4) is 0 Å². The van der Waals surface area contributed by atoms with E-state index in [4.69, 9.17) is 14.2 Å². The van der Waals surface area contributed by atoms with Crippen molar-refractivity contribution in [2.75, 3.05) is 13.2 Å². The molecule has 0 rings (SSSR count). The second-order valence-corrected chi connectivity index (χ2v) is 21.0. The van der Waals surface area contributed by atoms with E-state index in [1.807, 2.05) is 0 Å². The Hall–Kier alpha value is -2.37.